The molecular formula is C22H23ClN6O3. The van der Waals surface area contributed by atoms with Crippen molar-refractivity contribution in [3.8, 4) is 5.69 Å². The summed E-state index contributed by atoms with van der Waals surface area (Å²) >= 11 is 6.20. The fourth-order valence-corrected chi connectivity index (χ4v) is 4.22. The van der Waals surface area contributed by atoms with Crippen molar-refractivity contribution in [2.24, 2.45) is 0 Å². The summed E-state index contributed by atoms with van der Waals surface area (Å²) in [6.45, 7) is 4.05. The number of carbonyl (C=O) groups excluding carboxylic acids is 1. The first-order chi connectivity index (χ1) is 15.4. The molecule has 0 aliphatic carbocycles. The van der Waals surface area contributed by atoms with Crippen LogP contribution in [0.1, 0.15) is 40.6 Å². The summed E-state index contributed by atoms with van der Waals surface area (Å²) in [6.07, 6.45) is 2.25. The Morgan fingerprint density at radius 1 is 1.22 bits per heavy atom. The van der Waals surface area contributed by atoms with E-state index in [9.17, 15) is 14.9 Å². The van der Waals surface area contributed by atoms with Crippen molar-refractivity contribution in [2.45, 2.75) is 25.8 Å². The third kappa shape index (κ3) is 4.63. The molecular weight excluding hydrogens is 432 g/mol. The Labute approximate surface area is 190 Å². The maximum atomic E-state index is 12.9. The van der Waals surface area contributed by atoms with E-state index in [1.807, 2.05) is 24.3 Å². The molecule has 4 rings (SSSR count). The van der Waals surface area contributed by atoms with Crippen LogP contribution in [-0.2, 0) is 0 Å². The lowest BCUT2D eigenvalue weighted by atomic mass is 10.1. The van der Waals surface area contributed by atoms with Crippen molar-refractivity contribution < 1.29 is 9.72 Å². The molecule has 9 nitrogen and oxygen atoms in total. The van der Waals surface area contributed by atoms with Gasteiger partial charge in [0.05, 0.1) is 22.3 Å². The van der Waals surface area contributed by atoms with E-state index in [1.165, 1.54) is 16.8 Å². The van der Waals surface area contributed by atoms with Gasteiger partial charge in [0.15, 0.2) is 5.69 Å². The Bertz CT molecular complexity index is 1140. The molecule has 2 heterocycles. The molecule has 2 aromatic carbocycles. The van der Waals surface area contributed by atoms with E-state index in [0.717, 1.165) is 31.5 Å². The number of aromatic nitrogens is 3. The predicted molar refractivity (Wildman–Crippen MR) is 120 cm³/mol. The van der Waals surface area contributed by atoms with Gasteiger partial charge in [-0.25, -0.2) is 4.68 Å². The van der Waals surface area contributed by atoms with Crippen molar-refractivity contribution in [2.75, 3.05) is 19.6 Å². The SMILES string of the molecule is Cc1c(C(=O)NCC(c2cccc(Cl)c2)N2CCCC2)nnn1-c1cccc([N+](=O)[O-])c1. The van der Waals surface area contributed by atoms with Crippen molar-refractivity contribution in [1.82, 2.24) is 25.2 Å². The summed E-state index contributed by atoms with van der Waals surface area (Å²) < 4.78 is 1.43. The minimum atomic E-state index is -0.474. The maximum Gasteiger partial charge on any atom is 0.273 e. The van der Waals surface area contributed by atoms with Crippen LogP contribution >= 0.6 is 11.6 Å². The van der Waals surface area contributed by atoms with Gasteiger partial charge in [-0.15, -0.1) is 5.10 Å². The van der Waals surface area contributed by atoms with Crippen LogP contribution in [0.15, 0.2) is 48.5 Å². The standard InChI is InChI=1S/C22H23ClN6O3/c1-15-21(25-26-28(15)18-8-5-9-19(13-18)29(31)32)22(30)24-14-20(27-10-2-3-11-27)16-6-4-7-17(23)12-16/h4-9,12-13,20H,2-3,10-11,14H2,1H3,(H,24,30). The molecule has 0 bridgehead atoms. The highest BCUT2D eigenvalue weighted by Crippen LogP contribution is 2.26. The van der Waals surface area contributed by atoms with Crippen molar-refractivity contribution >= 4 is 23.2 Å². The second-order valence-corrected chi connectivity index (χ2v) is 8.17. The molecule has 32 heavy (non-hydrogen) atoms. The summed E-state index contributed by atoms with van der Waals surface area (Å²) in [5.41, 5.74) is 2.15. The highest BCUT2D eigenvalue weighted by Gasteiger charge is 2.25. The molecule has 1 N–H and O–H groups in total. The number of likely N-dealkylation sites (tertiary alicyclic amines) is 1. The summed E-state index contributed by atoms with van der Waals surface area (Å²) in [6, 6.07) is 13.7. The van der Waals surface area contributed by atoms with E-state index in [1.54, 1.807) is 19.1 Å². The van der Waals surface area contributed by atoms with Gasteiger partial charge in [-0.2, -0.15) is 0 Å². The number of nitrogens with one attached hydrogen (secondary N) is 1. The van der Waals surface area contributed by atoms with Crippen LogP contribution in [0.5, 0.6) is 0 Å². The van der Waals surface area contributed by atoms with Gasteiger partial charge < -0.3 is 5.32 Å². The molecule has 0 radical (unpaired) electrons. The third-order valence-electron chi connectivity index (χ3n) is 5.67. The Hall–Kier alpha value is -3.30. The van der Waals surface area contributed by atoms with E-state index in [4.69, 9.17) is 11.6 Å². The van der Waals surface area contributed by atoms with Gasteiger partial charge >= 0.3 is 0 Å². The predicted octanol–water partition coefficient (Wildman–Crippen LogP) is 3.70. The van der Waals surface area contributed by atoms with Gasteiger partial charge in [0.25, 0.3) is 11.6 Å². The van der Waals surface area contributed by atoms with E-state index in [2.05, 4.69) is 20.5 Å². The number of non-ortho nitro benzene ring substituents is 1. The minimum absolute atomic E-state index is 0.00674. The zero-order chi connectivity index (χ0) is 22.7. The number of hydrogen-bond donors (Lipinski definition) is 1. The van der Waals surface area contributed by atoms with E-state index in [-0.39, 0.29) is 23.3 Å². The van der Waals surface area contributed by atoms with Gasteiger partial charge in [-0.3, -0.25) is 19.8 Å². The van der Waals surface area contributed by atoms with Crippen LogP contribution < -0.4 is 5.32 Å². The first-order valence-electron chi connectivity index (χ1n) is 10.4. The quantitative estimate of drug-likeness (QED) is 0.431. The monoisotopic (exact) mass is 454 g/mol. The first kappa shape index (κ1) is 21.9. The molecule has 166 valence electrons. The highest BCUT2D eigenvalue weighted by molar-refractivity contribution is 6.30. The van der Waals surface area contributed by atoms with Gasteiger partial charge in [0.2, 0.25) is 0 Å². The average molecular weight is 455 g/mol. The Morgan fingerprint density at radius 2 is 1.97 bits per heavy atom. The Balaban J connectivity index is 1.52. The lowest BCUT2D eigenvalue weighted by Gasteiger charge is -2.28. The molecule has 10 heteroatoms. The van der Waals surface area contributed by atoms with Crippen molar-refractivity contribution in [1.29, 1.82) is 0 Å². The molecule has 0 spiro atoms. The first-order valence-corrected chi connectivity index (χ1v) is 10.8. The van der Waals surface area contributed by atoms with Crippen LogP contribution in [0.25, 0.3) is 5.69 Å². The zero-order valence-corrected chi connectivity index (χ0v) is 18.3. The topological polar surface area (TPSA) is 106 Å². The number of rotatable bonds is 7. The summed E-state index contributed by atoms with van der Waals surface area (Å²) in [7, 11) is 0. The second kappa shape index (κ2) is 9.46. The molecule has 1 aliphatic heterocycles. The van der Waals surface area contributed by atoms with Crippen LogP contribution in [-0.4, -0.2) is 50.4 Å². The Kier molecular flexibility index (Phi) is 6.48. The lowest BCUT2D eigenvalue weighted by molar-refractivity contribution is -0.384. The fraction of sp³-hybridized carbons (Fsp3) is 0.318. The van der Waals surface area contributed by atoms with Crippen LogP contribution in [0.3, 0.4) is 0 Å². The number of nitro benzene ring substituents is 1. The number of carbonyl (C=O) groups is 1. The molecule has 1 amide bonds. The summed E-state index contributed by atoms with van der Waals surface area (Å²) in [5, 5.41) is 22.8. The fourth-order valence-electron chi connectivity index (χ4n) is 4.02. The van der Waals surface area contributed by atoms with Gasteiger partial charge in [-0.1, -0.05) is 35.0 Å². The summed E-state index contributed by atoms with van der Waals surface area (Å²) in [5.74, 6) is -0.342. The number of halogens is 1. The molecule has 3 aromatic rings. The van der Waals surface area contributed by atoms with Crippen molar-refractivity contribution in [3.05, 3.63) is 80.6 Å². The molecule has 1 aromatic heterocycles. The van der Waals surface area contributed by atoms with Crippen LogP contribution in [0.2, 0.25) is 5.02 Å². The number of nitro groups is 1. The number of amides is 1. The normalized spacial score (nSPS) is 14.9. The van der Waals surface area contributed by atoms with Crippen molar-refractivity contribution in [3.63, 3.8) is 0 Å². The maximum absolute atomic E-state index is 12.9. The molecule has 1 aliphatic rings. The number of benzene rings is 2. The third-order valence-corrected chi connectivity index (χ3v) is 5.90. The van der Waals surface area contributed by atoms with Gasteiger partial charge in [0, 0.05) is 23.7 Å². The van der Waals surface area contributed by atoms with E-state index < -0.39 is 4.92 Å². The van der Waals surface area contributed by atoms with Crippen LogP contribution in [0.4, 0.5) is 5.69 Å². The van der Waals surface area contributed by atoms with Gasteiger partial charge in [0.1, 0.15) is 0 Å². The Morgan fingerprint density at radius 3 is 2.69 bits per heavy atom. The van der Waals surface area contributed by atoms with E-state index in [0.29, 0.717) is 22.9 Å². The second-order valence-electron chi connectivity index (χ2n) is 7.74. The summed E-state index contributed by atoms with van der Waals surface area (Å²) in [4.78, 5) is 25.9. The average Bonchev–Trinajstić information content (AvgIpc) is 3.44. The molecule has 1 fully saturated rings. The lowest BCUT2D eigenvalue weighted by Crippen LogP contribution is -2.37. The largest absolute Gasteiger partial charge is 0.349 e. The van der Waals surface area contributed by atoms with Gasteiger partial charge in [-0.05, 0) is 56.6 Å². The smallest absolute Gasteiger partial charge is 0.273 e. The van der Waals surface area contributed by atoms with Crippen LogP contribution in [0, 0.1) is 17.0 Å². The van der Waals surface area contributed by atoms with E-state index >= 15 is 0 Å². The molecule has 0 saturated carbocycles. The number of hydrogen-bond acceptors (Lipinski definition) is 6. The highest BCUT2D eigenvalue weighted by atomic mass is 35.5. The zero-order valence-electron chi connectivity index (χ0n) is 17.6. The minimum Gasteiger partial charge on any atom is -0.349 e. The number of nitrogens with zero attached hydrogens (tertiary/aromatic N) is 5. The molecule has 1 atom stereocenters. The molecule has 1 unspecified atom stereocenters. The molecule has 1 saturated heterocycles.